The van der Waals surface area contributed by atoms with Crippen LogP contribution in [0, 0.1) is 0 Å². The molecule has 0 bridgehead atoms. The molecule has 0 N–H and O–H groups in total. The van der Waals surface area contributed by atoms with Gasteiger partial charge in [0.05, 0.1) is 37.1 Å². The smallest absolute Gasteiger partial charge is 0.260 e. The fraction of sp³-hybridized carbons (Fsp3) is 0.462. The Morgan fingerprint density at radius 1 is 1.15 bits per heavy atom. The maximum atomic E-state index is 13.7. The first kappa shape index (κ1) is 24.4. The fourth-order valence-corrected chi connectivity index (χ4v) is 4.88. The zero-order chi connectivity index (χ0) is 23.8. The first-order chi connectivity index (χ1) is 16.7. The molecule has 1 aliphatic rings. The van der Waals surface area contributed by atoms with Crippen molar-refractivity contribution in [3.63, 3.8) is 0 Å². The second-order valence-electron chi connectivity index (χ2n) is 8.32. The number of hydrogen-bond acceptors (Lipinski definition) is 7. The molecule has 1 saturated heterocycles. The van der Waals surface area contributed by atoms with Crippen LogP contribution in [-0.4, -0.2) is 68.9 Å². The minimum atomic E-state index is -0.0612. The largest absolute Gasteiger partial charge is 0.497 e. The molecular formula is C26H33N3O4S. The van der Waals surface area contributed by atoms with Crippen LogP contribution in [0.1, 0.15) is 36.5 Å². The summed E-state index contributed by atoms with van der Waals surface area (Å²) in [6.45, 7) is 7.71. The predicted molar refractivity (Wildman–Crippen MR) is 137 cm³/mol. The minimum Gasteiger partial charge on any atom is -0.497 e. The summed E-state index contributed by atoms with van der Waals surface area (Å²) in [6.07, 6.45) is 2.91. The summed E-state index contributed by atoms with van der Waals surface area (Å²) < 4.78 is 17.7. The SMILES string of the molecule is CCCCOc1cccc(C(=O)N(CCCN2CCOCC2)c2nc3cc(OC)ccc3s2)c1. The third-order valence-electron chi connectivity index (χ3n) is 5.87. The normalized spacial score (nSPS) is 14.3. The van der Waals surface area contributed by atoms with Crippen LogP contribution in [0.5, 0.6) is 11.5 Å². The van der Waals surface area contributed by atoms with Gasteiger partial charge in [-0.25, -0.2) is 4.98 Å². The van der Waals surface area contributed by atoms with Crippen molar-refractivity contribution in [1.82, 2.24) is 9.88 Å². The minimum absolute atomic E-state index is 0.0612. The Hall–Kier alpha value is -2.68. The van der Waals surface area contributed by atoms with E-state index in [0.29, 0.717) is 23.8 Å². The number of morpholine rings is 1. The van der Waals surface area contributed by atoms with E-state index in [-0.39, 0.29) is 5.91 Å². The third kappa shape index (κ3) is 6.25. The molecule has 1 fully saturated rings. The summed E-state index contributed by atoms with van der Waals surface area (Å²) in [6, 6.07) is 13.3. The average molecular weight is 484 g/mol. The van der Waals surface area contributed by atoms with E-state index in [4.69, 9.17) is 19.2 Å². The molecule has 4 rings (SSSR count). The number of ether oxygens (including phenoxy) is 3. The Bertz CT molecular complexity index is 1080. The van der Waals surface area contributed by atoms with Crippen LogP contribution in [0.3, 0.4) is 0 Å². The predicted octanol–water partition coefficient (Wildman–Crippen LogP) is 4.85. The molecule has 1 amide bonds. The van der Waals surface area contributed by atoms with Crippen molar-refractivity contribution >= 4 is 32.6 Å². The Balaban J connectivity index is 1.55. The summed E-state index contributed by atoms with van der Waals surface area (Å²) in [4.78, 5) is 22.7. The molecule has 0 aliphatic carbocycles. The Labute approximate surface area is 205 Å². The number of carbonyl (C=O) groups is 1. The van der Waals surface area contributed by atoms with Gasteiger partial charge >= 0.3 is 0 Å². The van der Waals surface area contributed by atoms with Crippen molar-refractivity contribution in [2.24, 2.45) is 0 Å². The number of nitrogens with zero attached hydrogens (tertiary/aromatic N) is 3. The lowest BCUT2D eigenvalue weighted by molar-refractivity contribution is 0.0376. The van der Waals surface area contributed by atoms with E-state index in [1.54, 1.807) is 7.11 Å². The Morgan fingerprint density at radius 3 is 2.79 bits per heavy atom. The first-order valence-corrected chi connectivity index (χ1v) is 12.8. The number of methoxy groups -OCH3 is 1. The molecular weight excluding hydrogens is 450 g/mol. The van der Waals surface area contributed by atoms with E-state index in [2.05, 4.69) is 11.8 Å². The van der Waals surface area contributed by atoms with Gasteiger partial charge in [0, 0.05) is 37.8 Å². The number of aromatic nitrogens is 1. The van der Waals surface area contributed by atoms with Gasteiger partial charge in [0.2, 0.25) is 0 Å². The van der Waals surface area contributed by atoms with Crippen molar-refractivity contribution in [1.29, 1.82) is 0 Å². The molecule has 0 unspecified atom stereocenters. The molecule has 2 heterocycles. The number of unbranched alkanes of at least 4 members (excludes halogenated alkanes) is 1. The lowest BCUT2D eigenvalue weighted by Gasteiger charge is -2.27. The van der Waals surface area contributed by atoms with Crippen molar-refractivity contribution < 1.29 is 19.0 Å². The number of hydrogen-bond donors (Lipinski definition) is 0. The lowest BCUT2D eigenvalue weighted by atomic mass is 10.2. The van der Waals surface area contributed by atoms with Crippen molar-refractivity contribution in [2.75, 3.05) is 58.0 Å². The number of rotatable bonds is 11. The van der Waals surface area contributed by atoms with E-state index in [1.165, 1.54) is 11.3 Å². The van der Waals surface area contributed by atoms with Gasteiger partial charge in [-0.1, -0.05) is 30.7 Å². The highest BCUT2D eigenvalue weighted by Gasteiger charge is 2.22. The van der Waals surface area contributed by atoms with Crippen LogP contribution in [0.15, 0.2) is 42.5 Å². The van der Waals surface area contributed by atoms with Gasteiger partial charge in [-0.15, -0.1) is 0 Å². The van der Waals surface area contributed by atoms with E-state index in [1.807, 2.05) is 47.4 Å². The number of carbonyl (C=O) groups excluding carboxylic acids is 1. The highest BCUT2D eigenvalue weighted by molar-refractivity contribution is 7.22. The van der Waals surface area contributed by atoms with Crippen molar-refractivity contribution in [3.05, 3.63) is 48.0 Å². The van der Waals surface area contributed by atoms with E-state index in [9.17, 15) is 4.79 Å². The second kappa shape index (κ2) is 12.1. The third-order valence-corrected chi connectivity index (χ3v) is 6.93. The molecule has 34 heavy (non-hydrogen) atoms. The maximum absolute atomic E-state index is 13.7. The van der Waals surface area contributed by atoms with Gasteiger partial charge in [-0.2, -0.15) is 0 Å². The first-order valence-electron chi connectivity index (χ1n) is 12.0. The maximum Gasteiger partial charge on any atom is 0.260 e. The van der Waals surface area contributed by atoms with Crippen molar-refractivity contribution in [3.8, 4) is 11.5 Å². The molecule has 0 spiro atoms. The molecule has 7 nitrogen and oxygen atoms in total. The number of thiazole rings is 1. The van der Waals surface area contributed by atoms with E-state index >= 15 is 0 Å². The molecule has 1 aliphatic heterocycles. The standard InChI is InChI=1S/C26H33N3O4S/c1-3-4-15-33-22-8-5-7-20(18-22)25(30)29(12-6-11-28-13-16-32-17-14-28)26-27-23-19-21(31-2)9-10-24(23)34-26/h5,7-10,18-19H,3-4,6,11-17H2,1-2H3. The molecule has 182 valence electrons. The summed E-state index contributed by atoms with van der Waals surface area (Å²) >= 11 is 1.53. The zero-order valence-electron chi connectivity index (χ0n) is 20.0. The molecule has 8 heteroatoms. The number of anilines is 1. The van der Waals surface area contributed by atoms with Gasteiger partial charge in [0.1, 0.15) is 11.5 Å². The van der Waals surface area contributed by atoms with E-state index < -0.39 is 0 Å². The van der Waals surface area contributed by atoms with Crippen LogP contribution >= 0.6 is 11.3 Å². The van der Waals surface area contributed by atoms with Crippen molar-refractivity contribution in [2.45, 2.75) is 26.2 Å². The van der Waals surface area contributed by atoms with Gasteiger partial charge in [-0.3, -0.25) is 14.6 Å². The zero-order valence-corrected chi connectivity index (χ0v) is 20.8. The van der Waals surface area contributed by atoms with Gasteiger partial charge in [0.25, 0.3) is 5.91 Å². The molecule has 1 aromatic heterocycles. The van der Waals surface area contributed by atoms with Crippen LogP contribution in [0.4, 0.5) is 5.13 Å². The fourth-order valence-electron chi connectivity index (χ4n) is 3.91. The number of benzene rings is 2. The lowest BCUT2D eigenvalue weighted by Crippen LogP contribution is -2.39. The Kier molecular flexibility index (Phi) is 8.73. The number of amides is 1. The van der Waals surface area contributed by atoms with Crippen LogP contribution in [0.2, 0.25) is 0 Å². The van der Waals surface area contributed by atoms with E-state index in [0.717, 1.165) is 73.8 Å². The summed E-state index contributed by atoms with van der Waals surface area (Å²) in [5, 5.41) is 0.701. The van der Waals surface area contributed by atoms with Gasteiger partial charge in [0.15, 0.2) is 5.13 Å². The Morgan fingerprint density at radius 2 is 2.00 bits per heavy atom. The molecule has 0 radical (unpaired) electrons. The van der Waals surface area contributed by atoms with Crippen LogP contribution in [0.25, 0.3) is 10.2 Å². The topological polar surface area (TPSA) is 64.1 Å². The average Bonchev–Trinajstić information content (AvgIpc) is 3.30. The van der Waals surface area contributed by atoms with Gasteiger partial charge in [-0.05, 0) is 43.2 Å². The highest BCUT2D eigenvalue weighted by atomic mass is 32.1. The quantitative estimate of drug-likeness (QED) is 0.363. The summed E-state index contributed by atoms with van der Waals surface area (Å²) in [7, 11) is 1.64. The second-order valence-corrected chi connectivity index (χ2v) is 9.33. The van der Waals surface area contributed by atoms with Gasteiger partial charge < -0.3 is 14.2 Å². The number of fused-ring (bicyclic) bond motifs is 1. The molecule has 2 aromatic carbocycles. The van der Waals surface area contributed by atoms with Crippen LogP contribution < -0.4 is 14.4 Å². The molecule has 0 saturated carbocycles. The summed E-state index contributed by atoms with van der Waals surface area (Å²) in [5.74, 6) is 1.42. The molecule has 3 aromatic rings. The highest BCUT2D eigenvalue weighted by Crippen LogP contribution is 2.32. The summed E-state index contributed by atoms with van der Waals surface area (Å²) in [5.41, 5.74) is 1.44. The van der Waals surface area contributed by atoms with Crippen LogP contribution in [-0.2, 0) is 4.74 Å². The molecule has 0 atom stereocenters. The monoisotopic (exact) mass is 483 g/mol.